The predicted octanol–water partition coefficient (Wildman–Crippen LogP) is 10.2. The quantitative estimate of drug-likeness (QED) is 0.0345. The lowest BCUT2D eigenvalue weighted by Gasteiger charge is -2.12. The van der Waals surface area contributed by atoms with Gasteiger partial charge in [0.1, 0.15) is 19.3 Å². The Kier molecular flexibility index (Phi) is 35.4. The first-order chi connectivity index (χ1) is 23.9. The molecule has 284 valence electrons. The highest BCUT2D eigenvalue weighted by Gasteiger charge is 2.12. The maximum atomic E-state index is 12.0. The number of esters is 2. The molecule has 0 rings (SSSR count). The number of unbranched alkanes of at least 4 members (excludes halogenated alkanes) is 17. The Morgan fingerprint density at radius 3 is 1.31 bits per heavy atom. The summed E-state index contributed by atoms with van der Waals surface area (Å²) in [6.45, 7) is 4.01. The summed E-state index contributed by atoms with van der Waals surface area (Å²) >= 11 is 0. The van der Waals surface area contributed by atoms with E-state index in [1.54, 1.807) is 12.2 Å². The van der Waals surface area contributed by atoms with Crippen LogP contribution in [-0.4, -0.2) is 58.8 Å². The number of hydrogen-bond acceptors (Lipinski definition) is 7. The van der Waals surface area contributed by atoms with Crippen molar-refractivity contribution in [2.75, 3.05) is 13.2 Å². The number of carbonyl (C=O) groups is 2. The molecule has 0 aliphatic carbocycles. The molecule has 0 aromatic carbocycles. The summed E-state index contributed by atoms with van der Waals surface area (Å²) in [5.41, 5.74) is 0. The lowest BCUT2D eigenvalue weighted by molar-refractivity contribution is -0.152. The molecule has 0 saturated heterocycles. The molecular formula is C42H74O7. The number of rotatable bonds is 35. The van der Waals surface area contributed by atoms with Crippen molar-refractivity contribution in [1.82, 2.24) is 0 Å². The summed E-state index contributed by atoms with van der Waals surface area (Å²) in [6, 6.07) is 0. The molecule has 0 radical (unpaired) electrons. The van der Waals surface area contributed by atoms with Crippen molar-refractivity contribution < 1.29 is 34.4 Å². The second-order valence-corrected chi connectivity index (χ2v) is 13.5. The minimum absolute atomic E-state index is 0.137. The van der Waals surface area contributed by atoms with E-state index in [-0.39, 0.29) is 31.7 Å². The first kappa shape index (κ1) is 46.8. The zero-order valence-corrected chi connectivity index (χ0v) is 31.4. The molecule has 49 heavy (non-hydrogen) atoms. The van der Waals surface area contributed by atoms with Crippen molar-refractivity contribution >= 4 is 11.9 Å². The third kappa shape index (κ3) is 36.9. The van der Waals surface area contributed by atoms with E-state index in [2.05, 4.69) is 13.8 Å². The zero-order valence-electron chi connectivity index (χ0n) is 31.4. The molecule has 0 unspecified atom stereocenters. The van der Waals surface area contributed by atoms with Crippen molar-refractivity contribution in [3.8, 4) is 0 Å². The molecule has 0 saturated carbocycles. The lowest BCUT2D eigenvalue weighted by Crippen LogP contribution is -2.25. The smallest absolute Gasteiger partial charge is 0.305 e. The molecule has 0 spiro atoms. The van der Waals surface area contributed by atoms with Crippen molar-refractivity contribution in [3.05, 3.63) is 48.6 Å². The Hall–Kier alpha value is -2.22. The van der Waals surface area contributed by atoms with Crippen LogP contribution in [0, 0.1) is 0 Å². The van der Waals surface area contributed by atoms with Crippen LogP contribution in [0.4, 0.5) is 0 Å². The highest BCUT2D eigenvalue weighted by atomic mass is 16.6. The summed E-state index contributed by atoms with van der Waals surface area (Å²) < 4.78 is 10.2. The summed E-state index contributed by atoms with van der Waals surface area (Å²) in [4.78, 5) is 23.9. The second kappa shape index (κ2) is 37.0. The molecule has 0 aliphatic heterocycles. The van der Waals surface area contributed by atoms with Gasteiger partial charge in [-0.3, -0.25) is 9.59 Å². The number of carbonyl (C=O) groups excluding carboxylic acids is 2. The molecule has 0 heterocycles. The van der Waals surface area contributed by atoms with Crippen LogP contribution < -0.4 is 0 Å². The van der Waals surface area contributed by atoms with Crippen LogP contribution in [0.5, 0.6) is 0 Å². The van der Waals surface area contributed by atoms with Gasteiger partial charge in [0.15, 0.2) is 0 Å². The van der Waals surface area contributed by atoms with E-state index in [1.165, 1.54) is 83.5 Å². The molecule has 0 bridgehead atoms. The highest BCUT2D eigenvalue weighted by Crippen LogP contribution is 2.14. The fourth-order valence-corrected chi connectivity index (χ4v) is 5.42. The number of hydrogen-bond donors (Lipinski definition) is 3. The van der Waals surface area contributed by atoms with E-state index in [0.717, 1.165) is 51.4 Å². The number of allylic oxidation sites excluding steroid dienone is 6. The van der Waals surface area contributed by atoms with Gasteiger partial charge >= 0.3 is 11.9 Å². The molecule has 3 N–H and O–H groups in total. The van der Waals surface area contributed by atoms with Crippen molar-refractivity contribution in [3.63, 3.8) is 0 Å². The van der Waals surface area contributed by atoms with Crippen LogP contribution in [0.15, 0.2) is 48.6 Å². The Morgan fingerprint density at radius 2 is 0.857 bits per heavy atom. The van der Waals surface area contributed by atoms with Gasteiger partial charge in [-0.05, 0) is 32.1 Å². The SMILES string of the molecule is CCCCCCCCCCCCCCCCCCC(=O)OC[C@@H](O)COC(=O)CCC[C@@H](O)/C=C/C=C\C/C=C\C=C\[C@@H](O)CCCCC. The Morgan fingerprint density at radius 1 is 0.490 bits per heavy atom. The summed E-state index contributed by atoms with van der Waals surface area (Å²) in [6.07, 6.45) is 39.5. The predicted molar refractivity (Wildman–Crippen MR) is 203 cm³/mol. The van der Waals surface area contributed by atoms with Gasteiger partial charge in [0.2, 0.25) is 0 Å². The number of ether oxygens (including phenoxy) is 2. The van der Waals surface area contributed by atoms with Crippen LogP contribution in [0.1, 0.15) is 174 Å². The Labute approximate surface area is 300 Å². The normalized spacial score (nSPS) is 14.0. The van der Waals surface area contributed by atoms with Gasteiger partial charge in [-0.25, -0.2) is 0 Å². The van der Waals surface area contributed by atoms with Gasteiger partial charge in [0.05, 0.1) is 12.2 Å². The van der Waals surface area contributed by atoms with E-state index in [4.69, 9.17) is 9.47 Å². The number of aliphatic hydroxyl groups excluding tert-OH is 3. The summed E-state index contributed by atoms with van der Waals surface area (Å²) in [7, 11) is 0. The Balaban J connectivity index is 3.66. The first-order valence-electron chi connectivity index (χ1n) is 19.9. The third-order valence-electron chi connectivity index (χ3n) is 8.53. The van der Waals surface area contributed by atoms with Gasteiger partial charge in [-0.15, -0.1) is 0 Å². The lowest BCUT2D eigenvalue weighted by atomic mass is 10.0. The van der Waals surface area contributed by atoms with Gasteiger partial charge in [-0.2, -0.15) is 0 Å². The first-order valence-corrected chi connectivity index (χ1v) is 19.9. The van der Waals surface area contributed by atoms with Crippen molar-refractivity contribution in [1.29, 1.82) is 0 Å². The molecule has 7 nitrogen and oxygen atoms in total. The van der Waals surface area contributed by atoms with Crippen molar-refractivity contribution in [2.24, 2.45) is 0 Å². The molecule has 3 atom stereocenters. The average molecular weight is 691 g/mol. The highest BCUT2D eigenvalue weighted by molar-refractivity contribution is 5.69. The van der Waals surface area contributed by atoms with Crippen LogP contribution in [0.25, 0.3) is 0 Å². The van der Waals surface area contributed by atoms with E-state index >= 15 is 0 Å². The zero-order chi connectivity index (χ0) is 36.0. The van der Waals surface area contributed by atoms with Crippen LogP contribution in [0.3, 0.4) is 0 Å². The molecule has 0 aromatic rings. The van der Waals surface area contributed by atoms with Crippen LogP contribution >= 0.6 is 0 Å². The topological polar surface area (TPSA) is 113 Å². The van der Waals surface area contributed by atoms with E-state index in [1.807, 2.05) is 36.5 Å². The molecule has 0 aromatic heterocycles. The maximum Gasteiger partial charge on any atom is 0.305 e. The molecular weight excluding hydrogens is 616 g/mol. The monoisotopic (exact) mass is 691 g/mol. The number of aliphatic hydroxyl groups is 3. The van der Waals surface area contributed by atoms with Crippen molar-refractivity contribution in [2.45, 2.75) is 193 Å². The molecule has 0 fully saturated rings. The molecule has 0 amide bonds. The van der Waals surface area contributed by atoms with E-state index < -0.39 is 18.2 Å². The summed E-state index contributed by atoms with van der Waals surface area (Å²) in [5.74, 6) is -0.783. The standard InChI is InChI=1S/C42H74O7/c1-3-5-7-8-9-10-11-12-13-14-15-16-17-21-24-28-34-41(46)48-36-40(45)37-49-42(47)35-29-33-39(44)32-27-23-20-18-19-22-26-31-38(43)30-25-6-4-2/h19-20,22-23,26-27,31-32,38-40,43-45H,3-18,21,24-25,28-30,33-37H2,1-2H3/b22-19-,23-20-,31-26+,32-27+/t38-,39-,40+/m0/s1. The Bertz CT molecular complexity index is 863. The van der Waals surface area contributed by atoms with Crippen LogP contribution in [-0.2, 0) is 19.1 Å². The minimum Gasteiger partial charge on any atom is -0.463 e. The van der Waals surface area contributed by atoms with Gasteiger partial charge in [0, 0.05) is 12.8 Å². The van der Waals surface area contributed by atoms with Gasteiger partial charge in [0.25, 0.3) is 0 Å². The minimum atomic E-state index is -1.05. The second-order valence-electron chi connectivity index (χ2n) is 13.5. The fourth-order valence-electron chi connectivity index (χ4n) is 5.42. The largest absolute Gasteiger partial charge is 0.463 e. The van der Waals surface area contributed by atoms with Gasteiger partial charge in [-0.1, -0.05) is 178 Å². The van der Waals surface area contributed by atoms with Gasteiger partial charge < -0.3 is 24.8 Å². The fraction of sp³-hybridized carbons (Fsp3) is 0.762. The van der Waals surface area contributed by atoms with Crippen LogP contribution in [0.2, 0.25) is 0 Å². The average Bonchev–Trinajstić information content (AvgIpc) is 3.09. The molecule has 0 aliphatic rings. The van der Waals surface area contributed by atoms with E-state index in [0.29, 0.717) is 19.3 Å². The van der Waals surface area contributed by atoms with E-state index in [9.17, 15) is 24.9 Å². The maximum absolute atomic E-state index is 12.0. The molecule has 7 heteroatoms. The summed E-state index contributed by atoms with van der Waals surface area (Å²) in [5, 5.41) is 29.9. The third-order valence-corrected chi connectivity index (χ3v) is 8.53.